The molecule has 8 nitrogen and oxygen atoms in total. The molecule has 1 aliphatic heterocycles. The number of fused-ring (bicyclic) bond motifs is 1. The monoisotopic (exact) mass is 426 g/mol. The minimum absolute atomic E-state index is 0.115. The zero-order valence-electron chi connectivity index (χ0n) is 15.4. The van der Waals surface area contributed by atoms with Crippen molar-refractivity contribution in [3.63, 3.8) is 0 Å². The summed E-state index contributed by atoms with van der Waals surface area (Å²) >= 11 is 6.46. The minimum Gasteiger partial charge on any atom is -0.295 e. The molecule has 0 bridgehead atoms. The molecule has 0 saturated carbocycles. The minimum atomic E-state index is -0.518. The van der Waals surface area contributed by atoms with E-state index in [4.69, 9.17) is 12.2 Å². The number of aryl methyl sites for hydroxylation is 2. The van der Waals surface area contributed by atoms with Gasteiger partial charge in [-0.25, -0.2) is 4.79 Å². The number of hydrogen-bond acceptors (Lipinski definition) is 6. The van der Waals surface area contributed by atoms with Crippen molar-refractivity contribution in [3.8, 4) is 0 Å². The van der Waals surface area contributed by atoms with Crippen LogP contribution in [0.25, 0.3) is 17.1 Å². The Balaban J connectivity index is 1.72. The highest BCUT2D eigenvalue weighted by Gasteiger charge is 2.34. The highest BCUT2D eigenvalue weighted by Crippen LogP contribution is 2.37. The molecule has 0 aliphatic carbocycles. The molecule has 3 aromatic rings. The predicted octanol–water partition coefficient (Wildman–Crippen LogP) is 3.19. The Morgan fingerprint density at radius 3 is 2.52 bits per heavy atom. The van der Waals surface area contributed by atoms with Crippen molar-refractivity contribution in [3.05, 3.63) is 73.5 Å². The zero-order chi connectivity index (χ0) is 20.9. The maximum atomic E-state index is 12.9. The summed E-state index contributed by atoms with van der Waals surface area (Å²) in [5.74, 6) is -0.345. The molecule has 1 fully saturated rings. The quantitative estimate of drug-likeness (QED) is 0.277. The number of carbonyl (C=O) groups is 1. The molecule has 10 heteroatoms. The molecule has 2 aromatic carbocycles. The third-order valence-electron chi connectivity index (χ3n) is 4.69. The summed E-state index contributed by atoms with van der Waals surface area (Å²) in [4.78, 5) is 37.2. The van der Waals surface area contributed by atoms with Crippen LogP contribution in [-0.4, -0.2) is 24.3 Å². The molecular weight excluding hydrogens is 412 g/mol. The molecule has 0 spiro atoms. The van der Waals surface area contributed by atoms with Crippen LogP contribution in [0.2, 0.25) is 0 Å². The third kappa shape index (κ3) is 3.15. The van der Waals surface area contributed by atoms with Gasteiger partial charge < -0.3 is 0 Å². The molecule has 1 aliphatic rings. The van der Waals surface area contributed by atoms with Crippen molar-refractivity contribution in [2.75, 3.05) is 4.90 Å². The van der Waals surface area contributed by atoms with Crippen LogP contribution in [0.4, 0.5) is 11.4 Å². The van der Waals surface area contributed by atoms with E-state index in [1.165, 1.54) is 23.1 Å². The van der Waals surface area contributed by atoms with Crippen molar-refractivity contribution in [2.45, 2.75) is 0 Å². The van der Waals surface area contributed by atoms with Crippen LogP contribution < -0.4 is 10.6 Å². The molecule has 0 unspecified atom stereocenters. The molecule has 0 atom stereocenters. The Morgan fingerprint density at radius 2 is 1.79 bits per heavy atom. The van der Waals surface area contributed by atoms with Gasteiger partial charge in [0.1, 0.15) is 0 Å². The maximum Gasteiger partial charge on any atom is 0.328 e. The van der Waals surface area contributed by atoms with Crippen LogP contribution in [0.5, 0.6) is 0 Å². The van der Waals surface area contributed by atoms with Gasteiger partial charge in [0.05, 0.1) is 26.5 Å². The van der Waals surface area contributed by atoms with Gasteiger partial charge in [0.2, 0.25) is 0 Å². The van der Waals surface area contributed by atoms with E-state index >= 15 is 0 Å². The highest BCUT2D eigenvalue weighted by atomic mass is 32.2. The van der Waals surface area contributed by atoms with Crippen LogP contribution in [0, 0.1) is 10.1 Å². The van der Waals surface area contributed by atoms with E-state index in [9.17, 15) is 19.7 Å². The lowest BCUT2D eigenvalue weighted by molar-refractivity contribution is -0.384. The first-order valence-corrected chi connectivity index (χ1v) is 9.68. The van der Waals surface area contributed by atoms with Gasteiger partial charge in [-0.05, 0) is 29.8 Å². The van der Waals surface area contributed by atoms with Gasteiger partial charge in [0.15, 0.2) is 4.32 Å². The van der Waals surface area contributed by atoms with Crippen LogP contribution in [-0.2, 0) is 18.9 Å². The average Bonchev–Trinajstić information content (AvgIpc) is 3.09. The van der Waals surface area contributed by atoms with E-state index in [1.54, 1.807) is 35.4 Å². The number of thiocarbonyl (C=S) groups is 1. The largest absolute Gasteiger partial charge is 0.328 e. The number of hydrogen-bond donors (Lipinski definition) is 0. The number of non-ortho nitro benzene ring substituents is 1. The van der Waals surface area contributed by atoms with Gasteiger partial charge in [-0.1, -0.05) is 36.1 Å². The second kappa shape index (κ2) is 6.98. The lowest BCUT2D eigenvalue weighted by Crippen LogP contribution is -2.27. The Kier molecular flexibility index (Phi) is 4.59. The molecular formula is C19H14N4O4S2. The number of anilines is 1. The maximum absolute atomic E-state index is 12.9. The second-order valence-corrected chi connectivity index (χ2v) is 8.12. The Bertz CT molecular complexity index is 1310. The van der Waals surface area contributed by atoms with E-state index < -0.39 is 4.92 Å². The number of amides is 1. The summed E-state index contributed by atoms with van der Waals surface area (Å²) in [5, 5.41) is 11.0. The van der Waals surface area contributed by atoms with E-state index in [0.717, 1.165) is 28.4 Å². The SMILES string of the molecule is Cn1c(=O)n(C)c2cc(/C=C3\SC(=S)N(c4cccc([N+](=O)[O-])c4)C3=O)ccc21. The van der Waals surface area contributed by atoms with Gasteiger partial charge in [0.25, 0.3) is 11.6 Å². The second-order valence-electron chi connectivity index (χ2n) is 6.44. The summed E-state index contributed by atoms with van der Waals surface area (Å²) in [6, 6.07) is 11.3. The average molecular weight is 426 g/mol. The third-order valence-corrected chi connectivity index (χ3v) is 5.99. The van der Waals surface area contributed by atoms with Gasteiger partial charge >= 0.3 is 5.69 Å². The van der Waals surface area contributed by atoms with Crippen molar-refractivity contribution >= 4 is 62.7 Å². The first kappa shape index (κ1) is 19.1. The Morgan fingerprint density at radius 1 is 1.07 bits per heavy atom. The number of nitro benzene ring substituents is 1. The van der Waals surface area contributed by atoms with Crippen molar-refractivity contribution < 1.29 is 9.72 Å². The fourth-order valence-corrected chi connectivity index (χ4v) is 4.50. The standard InChI is InChI=1S/C19H14N4O4S2/c1-20-14-7-6-11(8-15(14)21(2)18(20)25)9-16-17(24)22(19(28)29-16)12-4-3-5-13(10-12)23(26)27/h3-10H,1-2H3/b16-9-. The zero-order valence-corrected chi connectivity index (χ0v) is 17.0. The van der Waals surface area contributed by atoms with Crippen LogP contribution in [0.1, 0.15) is 5.56 Å². The fraction of sp³-hybridized carbons (Fsp3) is 0.105. The summed E-state index contributed by atoms with van der Waals surface area (Å²) in [6.07, 6.45) is 1.70. The first-order chi connectivity index (χ1) is 13.8. The number of nitrogens with zero attached hydrogens (tertiary/aromatic N) is 4. The first-order valence-electron chi connectivity index (χ1n) is 8.46. The van der Waals surface area contributed by atoms with Crippen molar-refractivity contribution in [2.24, 2.45) is 14.1 Å². The van der Waals surface area contributed by atoms with E-state index in [-0.39, 0.29) is 17.3 Å². The molecule has 0 radical (unpaired) electrons. The molecule has 0 N–H and O–H groups in total. The molecule has 2 heterocycles. The Labute approximate surface area is 174 Å². The number of nitro groups is 1. The summed E-state index contributed by atoms with van der Waals surface area (Å²) in [7, 11) is 3.39. The number of carbonyl (C=O) groups excluding carboxylic acids is 1. The fourth-order valence-electron chi connectivity index (χ4n) is 3.20. The molecule has 1 amide bonds. The highest BCUT2D eigenvalue weighted by molar-refractivity contribution is 8.27. The lowest BCUT2D eigenvalue weighted by atomic mass is 10.1. The number of aromatic nitrogens is 2. The van der Waals surface area contributed by atoms with Gasteiger partial charge in [-0.15, -0.1) is 0 Å². The van der Waals surface area contributed by atoms with Crippen molar-refractivity contribution in [1.29, 1.82) is 0 Å². The molecule has 1 aromatic heterocycles. The number of thioether (sulfide) groups is 1. The van der Waals surface area contributed by atoms with Gasteiger partial charge in [-0.3, -0.25) is 28.9 Å². The normalized spacial score (nSPS) is 15.7. The topological polar surface area (TPSA) is 90.4 Å². The van der Waals surface area contributed by atoms with Crippen LogP contribution in [0.15, 0.2) is 52.2 Å². The molecule has 29 heavy (non-hydrogen) atoms. The predicted molar refractivity (Wildman–Crippen MR) is 117 cm³/mol. The lowest BCUT2D eigenvalue weighted by Gasteiger charge is -2.13. The summed E-state index contributed by atoms with van der Waals surface area (Å²) < 4.78 is 3.40. The van der Waals surface area contributed by atoms with E-state index in [0.29, 0.717) is 14.9 Å². The molecule has 1 saturated heterocycles. The number of imidazole rings is 1. The van der Waals surface area contributed by atoms with Gasteiger partial charge in [-0.2, -0.15) is 0 Å². The Hall–Kier alpha value is -3.24. The molecule has 4 rings (SSSR count). The van der Waals surface area contributed by atoms with Gasteiger partial charge in [0, 0.05) is 26.2 Å². The van der Waals surface area contributed by atoms with Crippen LogP contribution in [0.3, 0.4) is 0 Å². The molecule has 146 valence electrons. The number of rotatable bonds is 3. The van der Waals surface area contributed by atoms with Crippen LogP contribution >= 0.6 is 24.0 Å². The summed E-state index contributed by atoms with van der Waals surface area (Å²) in [5.41, 5.74) is 2.40. The van der Waals surface area contributed by atoms with E-state index in [1.807, 2.05) is 18.2 Å². The smallest absolute Gasteiger partial charge is 0.295 e. The summed E-state index contributed by atoms with van der Waals surface area (Å²) in [6.45, 7) is 0. The number of benzene rings is 2. The van der Waals surface area contributed by atoms with Crippen molar-refractivity contribution in [1.82, 2.24) is 9.13 Å². The van der Waals surface area contributed by atoms with E-state index in [2.05, 4.69) is 0 Å².